The van der Waals surface area contributed by atoms with E-state index in [1.54, 1.807) is 46.9 Å². The van der Waals surface area contributed by atoms with Crippen molar-refractivity contribution in [1.29, 1.82) is 0 Å². The monoisotopic (exact) mass is 554 g/mol. The van der Waals surface area contributed by atoms with E-state index in [9.17, 15) is 9.59 Å². The molecule has 0 radical (unpaired) electrons. The number of carbonyl (C=O) groups excluding carboxylic acids is 2. The van der Waals surface area contributed by atoms with Crippen molar-refractivity contribution in [3.05, 3.63) is 80.2 Å². The number of benzene rings is 1. The van der Waals surface area contributed by atoms with Gasteiger partial charge in [-0.3, -0.25) is 19.4 Å². The molecule has 3 aromatic rings. The van der Waals surface area contributed by atoms with Crippen molar-refractivity contribution in [3.63, 3.8) is 0 Å². The lowest BCUT2D eigenvalue weighted by Crippen LogP contribution is -2.44. The molecular formula is C28H34N4O4S2. The van der Waals surface area contributed by atoms with Gasteiger partial charge >= 0.3 is 0 Å². The fraction of sp³-hybridized carbons (Fsp3) is 0.429. The maximum atomic E-state index is 13.3. The number of hydrogen-bond acceptors (Lipinski definition) is 8. The van der Waals surface area contributed by atoms with Crippen LogP contribution < -0.4 is 10.6 Å². The van der Waals surface area contributed by atoms with Crippen molar-refractivity contribution in [2.75, 3.05) is 65.7 Å². The van der Waals surface area contributed by atoms with Crippen LogP contribution in [-0.4, -0.2) is 87.3 Å². The summed E-state index contributed by atoms with van der Waals surface area (Å²) in [6, 6.07) is 15.5. The van der Waals surface area contributed by atoms with Crippen molar-refractivity contribution in [2.45, 2.75) is 12.1 Å². The number of carbonyl (C=O) groups is 2. The van der Waals surface area contributed by atoms with Gasteiger partial charge in [0.25, 0.3) is 11.8 Å². The lowest BCUT2D eigenvalue weighted by Gasteiger charge is -2.34. The minimum absolute atomic E-state index is 0.0731. The number of morpholine rings is 2. The van der Waals surface area contributed by atoms with Crippen LogP contribution in [-0.2, 0) is 9.47 Å². The van der Waals surface area contributed by atoms with Gasteiger partial charge in [-0.05, 0) is 35.0 Å². The van der Waals surface area contributed by atoms with Crippen LogP contribution >= 0.6 is 22.7 Å². The minimum Gasteiger partial charge on any atom is -0.379 e. The molecule has 202 valence electrons. The predicted molar refractivity (Wildman–Crippen MR) is 150 cm³/mol. The first kappa shape index (κ1) is 27.0. The molecular weight excluding hydrogens is 520 g/mol. The Labute approximate surface area is 231 Å². The Morgan fingerprint density at radius 3 is 1.47 bits per heavy atom. The van der Waals surface area contributed by atoms with Gasteiger partial charge in [0.05, 0.1) is 49.6 Å². The van der Waals surface area contributed by atoms with Gasteiger partial charge in [0.15, 0.2) is 0 Å². The molecule has 0 aliphatic carbocycles. The molecule has 2 aliphatic heterocycles. The third-order valence-electron chi connectivity index (χ3n) is 7.04. The van der Waals surface area contributed by atoms with Crippen molar-refractivity contribution in [3.8, 4) is 0 Å². The van der Waals surface area contributed by atoms with Crippen LogP contribution in [0.2, 0.25) is 0 Å². The summed E-state index contributed by atoms with van der Waals surface area (Å²) in [6.45, 7) is 6.99. The van der Waals surface area contributed by atoms with Crippen LogP contribution in [0.25, 0.3) is 0 Å². The molecule has 2 N–H and O–H groups in total. The number of amides is 2. The van der Waals surface area contributed by atoms with E-state index in [0.29, 0.717) is 50.6 Å². The van der Waals surface area contributed by atoms with Crippen LogP contribution in [0.5, 0.6) is 0 Å². The molecule has 38 heavy (non-hydrogen) atoms. The number of nitrogens with zero attached hydrogens (tertiary/aromatic N) is 2. The van der Waals surface area contributed by atoms with Gasteiger partial charge in [-0.15, -0.1) is 22.7 Å². The molecule has 2 amide bonds. The van der Waals surface area contributed by atoms with E-state index in [1.807, 2.05) is 12.1 Å². The first-order valence-corrected chi connectivity index (χ1v) is 14.8. The zero-order valence-electron chi connectivity index (χ0n) is 21.3. The maximum Gasteiger partial charge on any atom is 0.252 e. The molecule has 0 spiro atoms. The summed E-state index contributed by atoms with van der Waals surface area (Å²) in [4.78, 5) is 33.8. The van der Waals surface area contributed by atoms with E-state index in [0.717, 1.165) is 26.2 Å². The normalized spacial score (nSPS) is 18.5. The number of thiophene rings is 2. The average Bonchev–Trinajstić information content (AvgIpc) is 3.70. The number of rotatable bonds is 10. The van der Waals surface area contributed by atoms with E-state index in [-0.39, 0.29) is 23.9 Å². The average molecular weight is 555 g/mol. The highest BCUT2D eigenvalue weighted by Gasteiger charge is 2.27. The van der Waals surface area contributed by atoms with Gasteiger partial charge in [0, 0.05) is 49.0 Å². The highest BCUT2D eigenvalue weighted by atomic mass is 32.1. The standard InChI is InChI=1S/C28H34N4O4S2/c33-27(29-19-23(25-7-3-17-37-25)31-9-13-35-14-10-31)21-5-1-2-6-22(21)28(34)30-20-24(26-8-4-18-38-26)32-11-15-36-16-12-32/h1-8,17-18,23-24H,9-16,19-20H2,(H,29,33)(H,30,34)/t23-,24-/m0/s1. The maximum absolute atomic E-state index is 13.3. The van der Waals surface area contributed by atoms with E-state index in [4.69, 9.17) is 9.47 Å². The van der Waals surface area contributed by atoms with Crippen molar-refractivity contribution in [1.82, 2.24) is 20.4 Å². The summed E-state index contributed by atoms with van der Waals surface area (Å²) in [5.74, 6) is -0.484. The zero-order chi connectivity index (χ0) is 26.2. The molecule has 0 saturated carbocycles. The lowest BCUT2D eigenvalue weighted by atomic mass is 10.1. The van der Waals surface area contributed by atoms with Gasteiger partial charge in [-0.25, -0.2) is 0 Å². The Morgan fingerprint density at radius 1 is 0.684 bits per heavy atom. The molecule has 2 fully saturated rings. The lowest BCUT2D eigenvalue weighted by molar-refractivity contribution is 0.0168. The van der Waals surface area contributed by atoms with E-state index < -0.39 is 0 Å². The fourth-order valence-corrected chi connectivity index (χ4v) is 6.73. The number of nitrogens with one attached hydrogen (secondary N) is 2. The molecule has 5 rings (SSSR count). The van der Waals surface area contributed by atoms with Crippen LogP contribution in [0.3, 0.4) is 0 Å². The Balaban J connectivity index is 1.25. The SMILES string of the molecule is O=C(NC[C@@H](c1cccs1)N1CCOCC1)c1ccccc1C(=O)NC[C@@H](c1cccs1)N1CCOCC1. The predicted octanol–water partition coefficient (Wildman–Crippen LogP) is 3.42. The van der Waals surface area contributed by atoms with Crippen LogP contribution in [0.15, 0.2) is 59.3 Å². The fourth-order valence-electron chi connectivity index (χ4n) is 5.01. The largest absolute Gasteiger partial charge is 0.379 e. The van der Waals surface area contributed by atoms with E-state index >= 15 is 0 Å². The summed E-state index contributed by atoms with van der Waals surface area (Å²) in [5, 5.41) is 10.3. The van der Waals surface area contributed by atoms with E-state index in [1.165, 1.54) is 9.75 Å². The summed E-state index contributed by atoms with van der Waals surface area (Å²) in [7, 11) is 0. The second-order valence-corrected chi connectivity index (χ2v) is 11.3. The smallest absolute Gasteiger partial charge is 0.252 e. The third kappa shape index (κ3) is 6.69. The molecule has 2 saturated heterocycles. The van der Waals surface area contributed by atoms with Gasteiger partial charge < -0.3 is 20.1 Å². The molecule has 2 aromatic heterocycles. The van der Waals surface area contributed by atoms with Gasteiger partial charge in [0.2, 0.25) is 0 Å². The Hall–Kier alpha value is -2.60. The van der Waals surface area contributed by atoms with Gasteiger partial charge in [-0.2, -0.15) is 0 Å². The molecule has 1 aromatic carbocycles. The number of ether oxygens (including phenoxy) is 2. The zero-order valence-corrected chi connectivity index (χ0v) is 23.0. The highest BCUT2D eigenvalue weighted by Crippen LogP contribution is 2.27. The summed E-state index contributed by atoms with van der Waals surface area (Å²) in [5.41, 5.74) is 0.770. The van der Waals surface area contributed by atoms with Crippen molar-refractivity contribution >= 4 is 34.5 Å². The highest BCUT2D eigenvalue weighted by molar-refractivity contribution is 7.10. The van der Waals surface area contributed by atoms with Crippen molar-refractivity contribution in [2.24, 2.45) is 0 Å². The summed E-state index contributed by atoms with van der Waals surface area (Å²) >= 11 is 3.38. The topological polar surface area (TPSA) is 83.1 Å². The first-order valence-electron chi connectivity index (χ1n) is 13.1. The van der Waals surface area contributed by atoms with Crippen LogP contribution in [0.4, 0.5) is 0 Å². The molecule has 2 atom stereocenters. The summed E-state index contributed by atoms with van der Waals surface area (Å²) < 4.78 is 11.1. The molecule has 4 heterocycles. The Kier molecular flexibility index (Phi) is 9.56. The summed E-state index contributed by atoms with van der Waals surface area (Å²) in [6.07, 6.45) is 0. The second-order valence-electron chi connectivity index (χ2n) is 9.32. The van der Waals surface area contributed by atoms with Crippen LogP contribution in [0, 0.1) is 0 Å². The van der Waals surface area contributed by atoms with Gasteiger partial charge in [-0.1, -0.05) is 24.3 Å². The molecule has 0 unspecified atom stereocenters. The molecule has 10 heteroatoms. The Bertz CT molecular complexity index is 1070. The van der Waals surface area contributed by atoms with Crippen molar-refractivity contribution < 1.29 is 19.1 Å². The minimum atomic E-state index is -0.242. The molecule has 8 nitrogen and oxygen atoms in total. The third-order valence-corrected chi connectivity index (χ3v) is 8.99. The quantitative estimate of drug-likeness (QED) is 0.400. The number of hydrogen-bond donors (Lipinski definition) is 2. The molecule has 0 bridgehead atoms. The second kappa shape index (κ2) is 13.5. The molecule has 2 aliphatic rings. The Morgan fingerprint density at radius 2 is 1.11 bits per heavy atom. The van der Waals surface area contributed by atoms with Gasteiger partial charge in [0.1, 0.15) is 0 Å². The van der Waals surface area contributed by atoms with Crippen LogP contribution in [0.1, 0.15) is 42.6 Å². The first-order chi connectivity index (χ1) is 18.7. The van der Waals surface area contributed by atoms with E-state index in [2.05, 4.69) is 43.3 Å².